The molecule has 3 heterocycles. The zero-order chi connectivity index (χ0) is 27.7. The van der Waals surface area contributed by atoms with Gasteiger partial charge in [-0.1, -0.05) is 30.4 Å². The van der Waals surface area contributed by atoms with E-state index in [2.05, 4.69) is 4.98 Å². The standard InChI is InChI=1S/C26H33N3O5.C4H8/c1-4-34-26(32)18-9-11-28(12-10-18)25(31)22-19-7-5-6-8-20(19)24(30)29(13-14-33-3)23(22)21-16-27-15-17(21)2;1-3-4-2/h5-8,15-16,18,22-23,27H,4,9-14H2,1-3H3;3-4H,1-2H3/b;4-3-. The van der Waals surface area contributed by atoms with Gasteiger partial charge in [-0.05, 0) is 63.3 Å². The number of fused-ring (bicyclic) bond motifs is 1. The minimum absolute atomic E-state index is 0.0183. The summed E-state index contributed by atoms with van der Waals surface area (Å²) >= 11 is 0. The first kappa shape index (κ1) is 29.2. The molecule has 8 heteroatoms. The van der Waals surface area contributed by atoms with Crippen molar-refractivity contribution in [2.45, 2.75) is 52.5 Å². The second-order valence-electron chi connectivity index (χ2n) is 9.61. The number of benzene rings is 1. The van der Waals surface area contributed by atoms with Crippen molar-refractivity contribution in [1.82, 2.24) is 14.8 Å². The van der Waals surface area contributed by atoms with E-state index in [4.69, 9.17) is 9.47 Å². The first-order valence-corrected chi connectivity index (χ1v) is 13.4. The Kier molecular flexibility index (Phi) is 10.7. The molecule has 2 amide bonds. The topological polar surface area (TPSA) is 91.9 Å². The monoisotopic (exact) mass is 523 g/mol. The highest BCUT2D eigenvalue weighted by Crippen LogP contribution is 2.44. The number of aromatic nitrogens is 1. The van der Waals surface area contributed by atoms with Gasteiger partial charge in [0.1, 0.15) is 0 Å². The summed E-state index contributed by atoms with van der Waals surface area (Å²) in [6, 6.07) is 6.96. The molecule has 2 aliphatic rings. The van der Waals surface area contributed by atoms with Gasteiger partial charge in [-0.15, -0.1) is 0 Å². The smallest absolute Gasteiger partial charge is 0.309 e. The van der Waals surface area contributed by atoms with Gasteiger partial charge in [-0.2, -0.15) is 0 Å². The molecule has 2 aromatic rings. The van der Waals surface area contributed by atoms with Gasteiger partial charge >= 0.3 is 5.97 Å². The van der Waals surface area contributed by atoms with Crippen molar-refractivity contribution >= 4 is 17.8 Å². The number of hydrogen-bond acceptors (Lipinski definition) is 5. The summed E-state index contributed by atoms with van der Waals surface area (Å²) in [5.41, 5.74) is 3.24. The molecule has 0 bridgehead atoms. The maximum Gasteiger partial charge on any atom is 0.309 e. The van der Waals surface area contributed by atoms with E-state index in [9.17, 15) is 14.4 Å². The Morgan fingerprint density at radius 2 is 1.76 bits per heavy atom. The molecule has 0 saturated carbocycles. The molecule has 1 saturated heterocycles. The third-order valence-corrected chi connectivity index (χ3v) is 7.31. The quantitative estimate of drug-likeness (QED) is 0.422. The number of nitrogens with zero attached hydrogens (tertiary/aromatic N) is 2. The number of allylic oxidation sites excluding steroid dienone is 2. The number of esters is 1. The van der Waals surface area contributed by atoms with Crippen LogP contribution >= 0.6 is 0 Å². The van der Waals surface area contributed by atoms with Crippen molar-refractivity contribution in [2.75, 3.05) is 40.0 Å². The van der Waals surface area contributed by atoms with Gasteiger partial charge in [0.25, 0.3) is 5.91 Å². The minimum Gasteiger partial charge on any atom is -0.466 e. The molecule has 1 N–H and O–H groups in total. The number of likely N-dealkylation sites (tertiary alicyclic amines) is 1. The van der Waals surface area contributed by atoms with Crippen LogP contribution in [0.1, 0.15) is 72.6 Å². The van der Waals surface area contributed by atoms with E-state index in [0.717, 1.165) is 16.7 Å². The molecule has 2 atom stereocenters. The molecule has 8 nitrogen and oxygen atoms in total. The zero-order valence-corrected chi connectivity index (χ0v) is 23.2. The number of nitrogens with one attached hydrogen (secondary N) is 1. The number of aryl methyl sites for hydroxylation is 1. The maximum absolute atomic E-state index is 14.1. The number of carbonyl (C=O) groups is 3. The summed E-state index contributed by atoms with van der Waals surface area (Å²) in [6.07, 6.45) is 8.94. The lowest BCUT2D eigenvalue weighted by Crippen LogP contribution is -2.51. The van der Waals surface area contributed by atoms with E-state index in [-0.39, 0.29) is 23.7 Å². The summed E-state index contributed by atoms with van der Waals surface area (Å²) in [5.74, 6) is -1.02. The van der Waals surface area contributed by atoms with Crippen molar-refractivity contribution in [2.24, 2.45) is 5.92 Å². The molecular weight excluding hydrogens is 482 g/mol. The largest absolute Gasteiger partial charge is 0.466 e. The SMILES string of the molecule is C/C=C\C.CCOC(=O)C1CCN(C(=O)C2c3ccccc3C(=O)N(CCOC)C2c2c[nH]cc2C)CC1. The number of aromatic amines is 1. The molecule has 38 heavy (non-hydrogen) atoms. The van der Waals surface area contributed by atoms with Crippen LogP contribution in [0.3, 0.4) is 0 Å². The summed E-state index contributed by atoms with van der Waals surface area (Å²) in [7, 11) is 1.61. The molecular formula is C30H41N3O5. The van der Waals surface area contributed by atoms with Crippen LogP contribution < -0.4 is 0 Å². The van der Waals surface area contributed by atoms with Crippen LogP contribution in [0.15, 0.2) is 48.8 Å². The van der Waals surface area contributed by atoms with Crippen molar-refractivity contribution in [3.05, 3.63) is 71.1 Å². The highest BCUT2D eigenvalue weighted by molar-refractivity contribution is 6.01. The van der Waals surface area contributed by atoms with Gasteiger partial charge in [-0.25, -0.2) is 0 Å². The number of rotatable bonds is 7. The maximum atomic E-state index is 14.1. The Hall–Kier alpha value is -3.39. The lowest BCUT2D eigenvalue weighted by Gasteiger charge is -2.44. The van der Waals surface area contributed by atoms with Gasteiger partial charge in [-0.3, -0.25) is 14.4 Å². The number of amides is 2. The molecule has 206 valence electrons. The number of H-pyrrole nitrogens is 1. The first-order chi connectivity index (χ1) is 18.4. The summed E-state index contributed by atoms with van der Waals surface area (Å²) in [4.78, 5) is 46.6. The number of ether oxygens (including phenoxy) is 2. The van der Waals surface area contributed by atoms with Crippen LogP contribution in [-0.2, 0) is 19.1 Å². The highest BCUT2D eigenvalue weighted by atomic mass is 16.5. The number of methoxy groups -OCH3 is 1. The molecule has 2 unspecified atom stereocenters. The van der Waals surface area contributed by atoms with Crippen LogP contribution in [0.2, 0.25) is 0 Å². The van der Waals surface area contributed by atoms with Gasteiger partial charge in [0.15, 0.2) is 0 Å². The average Bonchev–Trinajstić information content (AvgIpc) is 3.37. The molecule has 2 aliphatic heterocycles. The van der Waals surface area contributed by atoms with E-state index in [1.165, 1.54) is 0 Å². The van der Waals surface area contributed by atoms with Crippen LogP contribution in [0.25, 0.3) is 0 Å². The van der Waals surface area contributed by atoms with E-state index in [1.807, 2.05) is 68.4 Å². The summed E-state index contributed by atoms with van der Waals surface area (Å²) < 4.78 is 10.5. The number of carbonyl (C=O) groups excluding carboxylic acids is 3. The van der Waals surface area contributed by atoms with Gasteiger partial charge in [0, 0.05) is 44.7 Å². The Morgan fingerprint density at radius 3 is 2.34 bits per heavy atom. The Balaban J connectivity index is 0.000000934. The highest BCUT2D eigenvalue weighted by Gasteiger charge is 2.46. The Labute approximate surface area is 226 Å². The third kappa shape index (κ3) is 6.35. The molecule has 0 radical (unpaired) electrons. The molecule has 1 fully saturated rings. The fraction of sp³-hybridized carbons (Fsp3) is 0.500. The summed E-state index contributed by atoms with van der Waals surface area (Å²) in [5, 5.41) is 0. The Morgan fingerprint density at radius 1 is 1.08 bits per heavy atom. The predicted molar refractivity (Wildman–Crippen MR) is 147 cm³/mol. The van der Waals surface area contributed by atoms with Crippen molar-refractivity contribution < 1.29 is 23.9 Å². The second-order valence-corrected chi connectivity index (χ2v) is 9.61. The van der Waals surface area contributed by atoms with Crippen LogP contribution in [-0.4, -0.2) is 72.5 Å². The second kappa shape index (κ2) is 14.0. The van der Waals surface area contributed by atoms with Crippen LogP contribution in [0, 0.1) is 12.8 Å². The van der Waals surface area contributed by atoms with E-state index in [1.54, 1.807) is 25.0 Å². The fourth-order valence-corrected chi connectivity index (χ4v) is 5.20. The lowest BCUT2D eigenvalue weighted by molar-refractivity contribution is -0.151. The minimum atomic E-state index is -0.542. The van der Waals surface area contributed by atoms with Gasteiger partial charge in [0.05, 0.1) is 31.1 Å². The number of hydrogen-bond donors (Lipinski definition) is 1. The molecule has 0 aliphatic carbocycles. The van der Waals surface area contributed by atoms with E-state index < -0.39 is 12.0 Å². The fourth-order valence-electron chi connectivity index (χ4n) is 5.20. The third-order valence-electron chi connectivity index (χ3n) is 7.31. The van der Waals surface area contributed by atoms with Crippen LogP contribution in [0.4, 0.5) is 0 Å². The van der Waals surface area contributed by atoms with E-state index >= 15 is 0 Å². The van der Waals surface area contributed by atoms with Crippen LogP contribution in [0.5, 0.6) is 0 Å². The van der Waals surface area contributed by atoms with Crippen molar-refractivity contribution in [3.63, 3.8) is 0 Å². The molecule has 0 spiro atoms. The lowest BCUT2D eigenvalue weighted by atomic mass is 9.78. The first-order valence-electron chi connectivity index (χ1n) is 13.4. The van der Waals surface area contributed by atoms with Gasteiger partial charge < -0.3 is 24.3 Å². The normalized spacial score (nSPS) is 19.7. The predicted octanol–water partition coefficient (Wildman–Crippen LogP) is 4.63. The number of piperidine rings is 1. The Bertz CT molecular complexity index is 1110. The molecule has 4 rings (SSSR count). The molecule has 1 aromatic heterocycles. The van der Waals surface area contributed by atoms with Gasteiger partial charge in [0.2, 0.25) is 5.91 Å². The zero-order valence-electron chi connectivity index (χ0n) is 23.2. The van der Waals surface area contributed by atoms with E-state index in [0.29, 0.717) is 51.3 Å². The summed E-state index contributed by atoms with van der Waals surface area (Å²) in [6.45, 7) is 9.89. The average molecular weight is 524 g/mol. The molecule has 1 aromatic carbocycles. The van der Waals surface area contributed by atoms with Crippen molar-refractivity contribution in [3.8, 4) is 0 Å². The van der Waals surface area contributed by atoms with Crippen molar-refractivity contribution in [1.29, 1.82) is 0 Å².